The zero-order valence-corrected chi connectivity index (χ0v) is 16.5. The Kier molecular flexibility index (Phi) is 5.81. The van der Waals surface area contributed by atoms with E-state index in [1.165, 1.54) is 4.31 Å². The van der Waals surface area contributed by atoms with Gasteiger partial charge in [-0.25, -0.2) is 8.42 Å². The molecule has 8 nitrogen and oxygen atoms in total. The molecular formula is C18H26N4O4S. The molecule has 2 aliphatic rings. The molecule has 0 aliphatic carbocycles. The first-order chi connectivity index (χ1) is 12.8. The summed E-state index contributed by atoms with van der Waals surface area (Å²) in [4.78, 5) is 21.9. The summed E-state index contributed by atoms with van der Waals surface area (Å²) >= 11 is 0. The lowest BCUT2D eigenvalue weighted by molar-refractivity contribution is -0.115. The third-order valence-corrected chi connectivity index (χ3v) is 6.93. The second kappa shape index (κ2) is 7.93. The van der Waals surface area contributed by atoms with Crippen molar-refractivity contribution in [2.45, 2.75) is 45.3 Å². The van der Waals surface area contributed by atoms with Crippen LogP contribution in [-0.4, -0.2) is 53.8 Å². The monoisotopic (exact) mass is 394 g/mol. The molecule has 2 aliphatic heterocycles. The fourth-order valence-corrected chi connectivity index (χ4v) is 5.36. The van der Waals surface area contributed by atoms with Crippen LogP contribution >= 0.6 is 0 Å². The van der Waals surface area contributed by atoms with Gasteiger partial charge in [0.05, 0.1) is 12.3 Å². The van der Waals surface area contributed by atoms with Crippen LogP contribution in [0.15, 0.2) is 29.7 Å². The standard InChI is InChI=1S/C18H26N4O4S/c1-14(2)12-27(24,25)22-9-3-6-18(13-22)10-16(21-26-18)17(23)20-11-15-4-7-19-8-5-15/h4-5,7-8,14H,3,6,9-13H2,1-2H3,(H,20,23). The number of nitrogens with one attached hydrogen (secondary N) is 1. The third-order valence-electron chi connectivity index (χ3n) is 4.75. The van der Waals surface area contributed by atoms with E-state index in [-0.39, 0.29) is 24.1 Å². The Morgan fingerprint density at radius 2 is 2.11 bits per heavy atom. The summed E-state index contributed by atoms with van der Waals surface area (Å²) in [5.74, 6) is -0.113. The van der Waals surface area contributed by atoms with Gasteiger partial charge in [-0.15, -0.1) is 0 Å². The van der Waals surface area contributed by atoms with Gasteiger partial charge in [-0.2, -0.15) is 4.31 Å². The number of carbonyl (C=O) groups is 1. The molecule has 1 spiro atoms. The lowest BCUT2D eigenvalue weighted by Crippen LogP contribution is -2.51. The maximum absolute atomic E-state index is 12.6. The summed E-state index contributed by atoms with van der Waals surface area (Å²) in [6, 6.07) is 3.65. The molecule has 0 bridgehead atoms. The zero-order valence-electron chi connectivity index (χ0n) is 15.7. The van der Waals surface area contributed by atoms with E-state index >= 15 is 0 Å². The lowest BCUT2D eigenvalue weighted by atomic mass is 9.89. The highest BCUT2D eigenvalue weighted by molar-refractivity contribution is 7.89. The predicted octanol–water partition coefficient (Wildman–Crippen LogP) is 1.29. The van der Waals surface area contributed by atoms with Crippen molar-refractivity contribution >= 4 is 21.6 Å². The van der Waals surface area contributed by atoms with Crippen LogP contribution in [0.5, 0.6) is 0 Å². The van der Waals surface area contributed by atoms with E-state index in [4.69, 9.17) is 4.84 Å². The van der Waals surface area contributed by atoms with Crippen LogP contribution in [0.2, 0.25) is 0 Å². The summed E-state index contributed by atoms with van der Waals surface area (Å²) in [5, 5.41) is 6.79. The minimum atomic E-state index is -3.33. The molecule has 0 radical (unpaired) electrons. The number of pyridine rings is 1. The van der Waals surface area contributed by atoms with Crippen LogP contribution in [-0.2, 0) is 26.2 Å². The topological polar surface area (TPSA) is 101 Å². The molecule has 0 aromatic carbocycles. The van der Waals surface area contributed by atoms with Crippen LogP contribution in [0.25, 0.3) is 0 Å². The number of oxime groups is 1. The van der Waals surface area contributed by atoms with Gasteiger partial charge >= 0.3 is 0 Å². The molecule has 1 amide bonds. The Labute approximate surface area is 160 Å². The SMILES string of the molecule is CC(C)CS(=O)(=O)N1CCCC2(CC(C(=O)NCc3ccncc3)=NO2)C1. The van der Waals surface area contributed by atoms with E-state index in [0.717, 1.165) is 5.56 Å². The molecule has 1 saturated heterocycles. The second-order valence-corrected chi connectivity index (χ2v) is 9.65. The van der Waals surface area contributed by atoms with Gasteiger partial charge in [0, 0.05) is 31.9 Å². The number of carbonyl (C=O) groups excluding carboxylic acids is 1. The van der Waals surface area contributed by atoms with Gasteiger partial charge in [-0.3, -0.25) is 9.78 Å². The van der Waals surface area contributed by atoms with E-state index in [1.54, 1.807) is 12.4 Å². The van der Waals surface area contributed by atoms with Gasteiger partial charge in [0.15, 0.2) is 5.60 Å². The predicted molar refractivity (Wildman–Crippen MR) is 101 cm³/mol. The van der Waals surface area contributed by atoms with Crippen molar-refractivity contribution < 1.29 is 18.0 Å². The molecule has 1 fully saturated rings. The van der Waals surface area contributed by atoms with E-state index in [2.05, 4.69) is 15.5 Å². The number of nitrogens with zero attached hydrogens (tertiary/aromatic N) is 3. The zero-order chi connectivity index (χ0) is 19.5. The fraction of sp³-hybridized carbons (Fsp3) is 0.611. The Morgan fingerprint density at radius 3 is 2.81 bits per heavy atom. The van der Waals surface area contributed by atoms with E-state index in [9.17, 15) is 13.2 Å². The Bertz CT molecular complexity index is 810. The van der Waals surface area contributed by atoms with Crippen LogP contribution in [0.3, 0.4) is 0 Å². The van der Waals surface area contributed by atoms with Crippen molar-refractivity contribution in [1.29, 1.82) is 0 Å². The molecule has 1 atom stereocenters. The van der Waals surface area contributed by atoms with Crippen molar-refractivity contribution in [3.63, 3.8) is 0 Å². The van der Waals surface area contributed by atoms with Crippen LogP contribution in [0.1, 0.15) is 38.7 Å². The first-order valence-corrected chi connectivity index (χ1v) is 10.8. The van der Waals surface area contributed by atoms with E-state index in [1.807, 2.05) is 26.0 Å². The number of rotatable bonds is 6. The Morgan fingerprint density at radius 1 is 1.37 bits per heavy atom. The molecule has 1 aromatic heterocycles. The van der Waals surface area contributed by atoms with Crippen molar-refractivity contribution in [3.8, 4) is 0 Å². The van der Waals surface area contributed by atoms with Crippen LogP contribution in [0, 0.1) is 5.92 Å². The van der Waals surface area contributed by atoms with E-state index < -0.39 is 15.6 Å². The summed E-state index contributed by atoms with van der Waals surface area (Å²) < 4.78 is 26.6. The summed E-state index contributed by atoms with van der Waals surface area (Å²) in [6.07, 6.45) is 5.04. The minimum absolute atomic E-state index is 0.0585. The largest absolute Gasteiger partial charge is 0.387 e. The van der Waals surface area contributed by atoms with Gasteiger partial charge in [0.25, 0.3) is 5.91 Å². The fourth-order valence-electron chi connectivity index (χ4n) is 3.47. The number of aromatic nitrogens is 1. The van der Waals surface area contributed by atoms with Gasteiger partial charge in [-0.1, -0.05) is 19.0 Å². The van der Waals surface area contributed by atoms with Crippen molar-refractivity contribution in [3.05, 3.63) is 30.1 Å². The molecular weight excluding hydrogens is 368 g/mol. The van der Waals surface area contributed by atoms with Crippen LogP contribution in [0.4, 0.5) is 0 Å². The molecule has 3 rings (SSSR count). The van der Waals surface area contributed by atoms with Crippen molar-refractivity contribution in [1.82, 2.24) is 14.6 Å². The Balaban J connectivity index is 1.59. The first kappa shape index (κ1) is 19.8. The van der Waals surface area contributed by atoms with Crippen molar-refractivity contribution in [2.24, 2.45) is 11.1 Å². The van der Waals surface area contributed by atoms with E-state index in [0.29, 0.717) is 38.1 Å². The van der Waals surface area contributed by atoms with Gasteiger partial charge in [-0.05, 0) is 36.5 Å². The highest BCUT2D eigenvalue weighted by Crippen LogP contribution is 2.34. The first-order valence-electron chi connectivity index (χ1n) is 9.20. The lowest BCUT2D eigenvalue weighted by Gasteiger charge is -2.37. The smallest absolute Gasteiger partial charge is 0.269 e. The second-order valence-electron chi connectivity index (χ2n) is 7.64. The summed E-state index contributed by atoms with van der Waals surface area (Å²) in [5.41, 5.74) is 0.523. The molecule has 0 saturated carbocycles. The number of hydrogen-bond acceptors (Lipinski definition) is 6. The maximum atomic E-state index is 12.6. The average Bonchev–Trinajstić information content (AvgIpc) is 3.03. The van der Waals surface area contributed by atoms with Gasteiger partial charge in [0.2, 0.25) is 10.0 Å². The molecule has 9 heteroatoms. The maximum Gasteiger partial charge on any atom is 0.269 e. The third kappa shape index (κ3) is 4.84. The number of amides is 1. The number of sulfonamides is 1. The quantitative estimate of drug-likeness (QED) is 0.784. The molecule has 148 valence electrons. The molecule has 1 unspecified atom stereocenters. The highest BCUT2D eigenvalue weighted by atomic mass is 32.2. The number of hydrogen-bond donors (Lipinski definition) is 1. The Hall–Kier alpha value is -2.00. The molecule has 1 N–H and O–H groups in total. The minimum Gasteiger partial charge on any atom is -0.387 e. The van der Waals surface area contributed by atoms with Gasteiger partial charge < -0.3 is 10.2 Å². The summed E-state index contributed by atoms with van der Waals surface area (Å²) in [7, 11) is -3.33. The molecule has 27 heavy (non-hydrogen) atoms. The van der Waals surface area contributed by atoms with Crippen molar-refractivity contribution in [2.75, 3.05) is 18.8 Å². The number of piperidine rings is 1. The van der Waals surface area contributed by atoms with Crippen LogP contribution < -0.4 is 5.32 Å². The average molecular weight is 394 g/mol. The normalized spacial score (nSPS) is 23.3. The summed E-state index contributed by atoms with van der Waals surface area (Å²) in [6.45, 7) is 4.88. The van der Waals surface area contributed by atoms with Gasteiger partial charge in [0.1, 0.15) is 5.71 Å². The highest BCUT2D eigenvalue weighted by Gasteiger charge is 2.46. The molecule has 1 aromatic rings. The molecule has 3 heterocycles.